The van der Waals surface area contributed by atoms with E-state index >= 15 is 0 Å². The zero-order valence-electron chi connectivity index (χ0n) is 33.1. The molecule has 0 N–H and O–H groups in total. The van der Waals surface area contributed by atoms with Gasteiger partial charge in [0.1, 0.15) is 0 Å². The third-order valence-electron chi connectivity index (χ3n) is 11.3. The van der Waals surface area contributed by atoms with Crippen molar-refractivity contribution in [2.75, 3.05) is 0 Å². The van der Waals surface area contributed by atoms with Gasteiger partial charge in [-0.2, -0.15) is 0 Å². The quantitative estimate of drug-likeness (QED) is 0.159. The molecule has 0 amide bonds. The number of hydrogen-bond acceptors (Lipinski definition) is 7. The summed E-state index contributed by atoms with van der Waals surface area (Å²) in [5, 5.41) is 4.87. The molecule has 12 rings (SSSR count). The molecule has 0 fully saturated rings. The van der Waals surface area contributed by atoms with Crippen molar-refractivity contribution >= 4 is 53.3 Å². The van der Waals surface area contributed by atoms with Crippen LogP contribution in [0, 0.1) is 0 Å². The predicted molar refractivity (Wildman–Crippen MR) is 253 cm³/mol. The van der Waals surface area contributed by atoms with Gasteiger partial charge in [-0.3, -0.25) is 0 Å². The Hall–Kier alpha value is -8.20. The highest BCUT2D eigenvalue weighted by Gasteiger charge is 2.23. The summed E-state index contributed by atoms with van der Waals surface area (Å²) in [6.45, 7) is 0. The lowest BCUT2D eigenvalue weighted by Gasteiger charge is -2.16. The van der Waals surface area contributed by atoms with Crippen molar-refractivity contribution in [2.24, 2.45) is 0 Å². The maximum absolute atomic E-state index is 5.29. The van der Waals surface area contributed by atoms with E-state index in [1.165, 1.54) is 25.6 Å². The maximum atomic E-state index is 5.29. The molecule has 0 bridgehead atoms. The number of hydrogen-bond donors (Lipinski definition) is 0. The minimum atomic E-state index is 0.532. The molecule has 4 aromatic heterocycles. The fraction of sp³-hybridized carbons (Fsp3) is 0. The molecular formula is C54H33N7S. The summed E-state index contributed by atoms with van der Waals surface area (Å²) in [5.74, 6) is 3.42. The first kappa shape index (κ1) is 35.7. The number of benzene rings is 8. The van der Waals surface area contributed by atoms with Gasteiger partial charge in [0.25, 0.3) is 0 Å². The Morgan fingerprint density at radius 3 is 1.29 bits per heavy atom. The third kappa shape index (κ3) is 6.20. The molecule has 8 heteroatoms. The molecule has 0 saturated heterocycles. The van der Waals surface area contributed by atoms with Gasteiger partial charge in [-0.1, -0.05) is 158 Å². The SMILES string of the molecule is c1ccc(-c2nc(-c3ccccc3)nc(-c3ccc(-n4c5ccccc5c5cc6c(cc54)sc4ccccc46)c(-c4nc(-c5ccccc5)nc(-c5ccccc5)n4)c3)n2)cc1. The van der Waals surface area contributed by atoms with Crippen molar-refractivity contribution < 1.29 is 0 Å². The van der Waals surface area contributed by atoms with Gasteiger partial charge in [-0.25, -0.2) is 29.9 Å². The molecular weight excluding hydrogens is 779 g/mol. The van der Waals surface area contributed by atoms with Crippen LogP contribution in [-0.2, 0) is 0 Å². The molecule has 0 unspecified atom stereocenters. The second-order valence-corrected chi connectivity index (χ2v) is 16.2. The molecule has 4 heterocycles. The van der Waals surface area contributed by atoms with Crippen molar-refractivity contribution in [3.63, 3.8) is 0 Å². The molecule has 62 heavy (non-hydrogen) atoms. The number of fused-ring (bicyclic) bond motifs is 6. The first-order valence-corrected chi connectivity index (χ1v) is 21.3. The van der Waals surface area contributed by atoms with Crippen LogP contribution >= 0.6 is 11.3 Å². The van der Waals surface area contributed by atoms with Gasteiger partial charge in [-0.15, -0.1) is 11.3 Å². The standard InChI is InChI=1S/C54H33N7S/c1-5-17-34(18-6-1)49-55-50(35-19-7-2-8-20-35)58-53(57-49)38-29-30-45(43(31-38)54-59-51(36-21-9-3-10-22-36)56-52(60-54)37-23-11-4-12-24-37)61-44-27-15-13-25-39(44)41-32-42-40-26-14-16-28-47(40)62-48(42)33-46(41)61/h1-33H. The molecule has 0 aliphatic heterocycles. The number of rotatable bonds is 7. The lowest BCUT2D eigenvalue weighted by molar-refractivity contribution is 1.06. The average Bonchev–Trinajstić information content (AvgIpc) is 3.88. The Morgan fingerprint density at radius 2 is 0.742 bits per heavy atom. The van der Waals surface area contributed by atoms with Crippen LogP contribution in [-0.4, -0.2) is 34.5 Å². The number of nitrogens with zero attached hydrogens (tertiary/aromatic N) is 7. The van der Waals surface area contributed by atoms with Crippen LogP contribution in [0.5, 0.6) is 0 Å². The minimum absolute atomic E-state index is 0.532. The normalized spacial score (nSPS) is 11.5. The topological polar surface area (TPSA) is 82.3 Å². The minimum Gasteiger partial charge on any atom is -0.308 e. The highest BCUT2D eigenvalue weighted by Crippen LogP contribution is 2.43. The third-order valence-corrected chi connectivity index (χ3v) is 12.4. The summed E-state index contributed by atoms with van der Waals surface area (Å²) in [7, 11) is 0. The van der Waals surface area contributed by atoms with Crippen molar-refractivity contribution in [1.29, 1.82) is 0 Å². The first-order valence-electron chi connectivity index (χ1n) is 20.5. The molecule has 0 radical (unpaired) electrons. The summed E-state index contributed by atoms with van der Waals surface area (Å²) in [4.78, 5) is 30.9. The molecule has 12 aromatic rings. The van der Waals surface area contributed by atoms with E-state index in [4.69, 9.17) is 29.9 Å². The van der Waals surface area contributed by atoms with E-state index in [2.05, 4.69) is 83.4 Å². The van der Waals surface area contributed by atoms with Gasteiger partial charge in [0.15, 0.2) is 34.9 Å². The van der Waals surface area contributed by atoms with Gasteiger partial charge in [0, 0.05) is 64.3 Å². The van der Waals surface area contributed by atoms with Crippen LogP contribution in [0.2, 0.25) is 0 Å². The van der Waals surface area contributed by atoms with E-state index in [-0.39, 0.29) is 0 Å². The van der Waals surface area contributed by atoms with E-state index in [1.807, 2.05) is 133 Å². The van der Waals surface area contributed by atoms with Crippen LogP contribution in [0.15, 0.2) is 200 Å². The first-order chi connectivity index (χ1) is 30.7. The average molecular weight is 812 g/mol. The lowest BCUT2D eigenvalue weighted by Crippen LogP contribution is -2.05. The van der Waals surface area contributed by atoms with Gasteiger partial charge in [0.2, 0.25) is 0 Å². The second kappa shape index (κ2) is 14.8. The molecule has 0 aliphatic rings. The van der Waals surface area contributed by atoms with Crippen LogP contribution < -0.4 is 0 Å². The van der Waals surface area contributed by atoms with Crippen LogP contribution in [0.3, 0.4) is 0 Å². The van der Waals surface area contributed by atoms with Crippen molar-refractivity contribution in [1.82, 2.24) is 34.5 Å². The predicted octanol–water partition coefficient (Wildman–Crippen LogP) is 13.5. The van der Waals surface area contributed by atoms with Crippen LogP contribution in [0.25, 0.3) is 116 Å². The van der Waals surface area contributed by atoms with E-state index in [9.17, 15) is 0 Å². The van der Waals surface area contributed by atoms with E-state index in [0.717, 1.165) is 55.5 Å². The molecule has 0 aliphatic carbocycles. The molecule has 290 valence electrons. The van der Waals surface area contributed by atoms with Gasteiger partial charge in [0.05, 0.1) is 16.7 Å². The summed E-state index contributed by atoms with van der Waals surface area (Å²) >= 11 is 1.82. The van der Waals surface area contributed by atoms with E-state index in [0.29, 0.717) is 34.9 Å². The van der Waals surface area contributed by atoms with Gasteiger partial charge in [-0.05, 0) is 42.5 Å². The Morgan fingerprint density at radius 1 is 0.290 bits per heavy atom. The van der Waals surface area contributed by atoms with Gasteiger partial charge < -0.3 is 4.57 Å². The summed E-state index contributed by atoms with van der Waals surface area (Å²) in [5.41, 5.74) is 8.30. The van der Waals surface area contributed by atoms with Crippen molar-refractivity contribution in [2.45, 2.75) is 0 Å². The van der Waals surface area contributed by atoms with E-state index < -0.39 is 0 Å². The second-order valence-electron chi connectivity index (χ2n) is 15.1. The Bertz CT molecular complexity index is 3510. The highest BCUT2D eigenvalue weighted by molar-refractivity contribution is 7.25. The largest absolute Gasteiger partial charge is 0.308 e. The van der Waals surface area contributed by atoms with Gasteiger partial charge >= 0.3 is 0 Å². The molecule has 8 aromatic carbocycles. The van der Waals surface area contributed by atoms with Crippen molar-refractivity contribution in [3.05, 3.63) is 200 Å². The zero-order chi connectivity index (χ0) is 41.0. The van der Waals surface area contributed by atoms with Crippen LogP contribution in [0.4, 0.5) is 0 Å². The fourth-order valence-corrected chi connectivity index (χ4v) is 9.48. The zero-order valence-corrected chi connectivity index (χ0v) is 33.9. The molecule has 7 nitrogen and oxygen atoms in total. The van der Waals surface area contributed by atoms with Crippen LogP contribution in [0.1, 0.15) is 0 Å². The number of thiophene rings is 1. The lowest BCUT2D eigenvalue weighted by atomic mass is 10.1. The Balaban J connectivity index is 1.16. The Kier molecular flexibility index (Phi) is 8.53. The Labute approximate surface area is 360 Å². The number of aromatic nitrogens is 7. The molecule has 0 atom stereocenters. The molecule has 0 saturated carbocycles. The summed E-state index contributed by atoms with van der Waals surface area (Å²) in [6, 6.07) is 68.7. The smallest absolute Gasteiger partial charge is 0.166 e. The fourth-order valence-electron chi connectivity index (χ4n) is 8.36. The number of para-hydroxylation sites is 1. The van der Waals surface area contributed by atoms with E-state index in [1.54, 1.807) is 0 Å². The maximum Gasteiger partial charge on any atom is 0.166 e. The summed E-state index contributed by atoms with van der Waals surface area (Å²) < 4.78 is 4.86. The molecule has 0 spiro atoms. The summed E-state index contributed by atoms with van der Waals surface area (Å²) in [6.07, 6.45) is 0. The van der Waals surface area contributed by atoms with Crippen molar-refractivity contribution in [3.8, 4) is 74.0 Å². The monoisotopic (exact) mass is 811 g/mol. The highest BCUT2D eigenvalue weighted by atomic mass is 32.1.